The highest BCUT2D eigenvalue weighted by Crippen LogP contribution is 2.34. The van der Waals surface area contributed by atoms with Crippen LogP contribution in [0.2, 0.25) is 0 Å². The molecule has 166 valence electrons. The lowest BCUT2D eigenvalue weighted by molar-refractivity contribution is -0.133. The van der Waals surface area contributed by atoms with Gasteiger partial charge < -0.3 is 10.1 Å². The van der Waals surface area contributed by atoms with E-state index in [0.717, 1.165) is 24.2 Å². The average Bonchev–Trinajstić information content (AvgIpc) is 2.99. The van der Waals surface area contributed by atoms with Gasteiger partial charge in [-0.25, -0.2) is 14.1 Å². The minimum Gasteiger partial charge on any atom is -0.494 e. The number of hydrogen-bond acceptors (Lipinski definition) is 4. The van der Waals surface area contributed by atoms with Gasteiger partial charge in [-0.05, 0) is 55.8 Å². The second-order valence-electron chi connectivity index (χ2n) is 7.91. The lowest BCUT2D eigenvalue weighted by Gasteiger charge is -2.28. The average molecular weight is 428 g/mol. The molecular formula is C24H30FN3O3. The van der Waals surface area contributed by atoms with Crippen LogP contribution in [-0.4, -0.2) is 42.1 Å². The van der Waals surface area contributed by atoms with Crippen LogP contribution in [0.25, 0.3) is 0 Å². The number of urea groups is 1. The molecule has 0 aliphatic carbocycles. The fourth-order valence-corrected chi connectivity index (χ4v) is 3.90. The van der Waals surface area contributed by atoms with Crippen LogP contribution in [0.4, 0.5) is 9.18 Å². The smallest absolute Gasteiger partial charge is 0.326 e. The summed E-state index contributed by atoms with van der Waals surface area (Å²) in [6.45, 7) is 5.31. The van der Waals surface area contributed by atoms with E-state index in [1.165, 1.54) is 17.0 Å². The standard InChI is InChI=1S/C24H30FN3O3/c1-4-6-15-24(19-9-11-20(25)12-10-19)22(29)28(23(30)26-24)17-27(3)16-18-7-13-21(14-8-18)31-5-2/h7-14H,4-6,15-17H2,1-3H3,(H,26,30)/t24-/m1/s1. The van der Waals surface area contributed by atoms with Gasteiger partial charge >= 0.3 is 6.03 Å². The summed E-state index contributed by atoms with van der Waals surface area (Å²) in [7, 11) is 1.86. The van der Waals surface area contributed by atoms with E-state index >= 15 is 0 Å². The zero-order valence-electron chi connectivity index (χ0n) is 18.4. The van der Waals surface area contributed by atoms with Crippen molar-refractivity contribution in [3.8, 4) is 5.75 Å². The summed E-state index contributed by atoms with van der Waals surface area (Å²) in [4.78, 5) is 29.4. The molecule has 7 heteroatoms. The van der Waals surface area contributed by atoms with E-state index in [2.05, 4.69) is 5.32 Å². The van der Waals surface area contributed by atoms with E-state index in [4.69, 9.17) is 4.74 Å². The Hall–Kier alpha value is -2.93. The van der Waals surface area contributed by atoms with Crippen molar-refractivity contribution in [1.82, 2.24) is 15.1 Å². The van der Waals surface area contributed by atoms with Crippen molar-refractivity contribution in [3.05, 3.63) is 65.5 Å². The molecule has 0 spiro atoms. The third kappa shape index (κ3) is 5.05. The van der Waals surface area contributed by atoms with Crippen molar-refractivity contribution < 1.29 is 18.7 Å². The molecule has 2 aromatic carbocycles. The second kappa shape index (κ2) is 9.92. The highest BCUT2D eigenvalue weighted by molar-refractivity contribution is 6.07. The number of nitrogens with zero attached hydrogens (tertiary/aromatic N) is 2. The predicted molar refractivity (Wildman–Crippen MR) is 117 cm³/mol. The molecule has 0 radical (unpaired) electrons. The van der Waals surface area contributed by atoms with Crippen molar-refractivity contribution in [2.24, 2.45) is 0 Å². The Morgan fingerprint density at radius 3 is 2.35 bits per heavy atom. The Balaban J connectivity index is 1.74. The number of halogens is 1. The molecule has 1 N–H and O–H groups in total. The number of carbonyl (C=O) groups is 2. The quantitative estimate of drug-likeness (QED) is 0.576. The maximum absolute atomic E-state index is 13.5. The molecule has 1 saturated heterocycles. The molecule has 0 bridgehead atoms. The van der Waals surface area contributed by atoms with Gasteiger partial charge in [-0.3, -0.25) is 9.69 Å². The Bertz CT molecular complexity index is 901. The normalized spacial score (nSPS) is 18.5. The van der Waals surface area contributed by atoms with Gasteiger partial charge in [0.15, 0.2) is 0 Å². The first-order valence-electron chi connectivity index (χ1n) is 10.7. The Kier molecular flexibility index (Phi) is 7.28. The number of ether oxygens (including phenoxy) is 1. The van der Waals surface area contributed by atoms with Crippen LogP contribution in [0, 0.1) is 5.82 Å². The summed E-state index contributed by atoms with van der Waals surface area (Å²) in [5.74, 6) is 0.136. The summed E-state index contributed by atoms with van der Waals surface area (Å²) in [5, 5.41) is 2.90. The van der Waals surface area contributed by atoms with Crippen LogP contribution in [0.3, 0.4) is 0 Å². The number of carbonyl (C=O) groups excluding carboxylic acids is 2. The van der Waals surface area contributed by atoms with E-state index in [1.807, 2.05) is 50.1 Å². The molecule has 1 aliphatic rings. The maximum atomic E-state index is 13.5. The Morgan fingerprint density at radius 1 is 1.06 bits per heavy atom. The SMILES string of the molecule is CCCC[C@]1(c2ccc(F)cc2)NC(=O)N(CN(C)Cc2ccc(OCC)cc2)C1=O. The Morgan fingerprint density at radius 2 is 1.74 bits per heavy atom. The molecule has 1 aliphatic heterocycles. The van der Waals surface area contributed by atoms with E-state index in [9.17, 15) is 14.0 Å². The third-order valence-corrected chi connectivity index (χ3v) is 5.49. The summed E-state index contributed by atoms with van der Waals surface area (Å²) < 4.78 is 18.9. The summed E-state index contributed by atoms with van der Waals surface area (Å²) >= 11 is 0. The van der Waals surface area contributed by atoms with E-state index in [-0.39, 0.29) is 18.4 Å². The Labute approximate surface area is 183 Å². The van der Waals surface area contributed by atoms with Gasteiger partial charge in [-0.1, -0.05) is 44.0 Å². The molecule has 3 rings (SSSR count). The van der Waals surface area contributed by atoms with Gasteiger partial charge in [0.2, 0.25) is 0 Å². The topological polar surface area (TPSA) is 61.9 Å². The summed E-state index contributed by atoms with van der Waals surface area (Å²) in [5.41, 5.74) is 0.506. The lowest BCUT2D eigenvalue weighted by Crippen LogP contribution is -2.45. The molecular weight excluding hydrogens is 397 g/mol. The van der Waals surface area contributed by atoms with Gasteiger partial charge in [-0.15, -0.1) is 0 Å². The first-order chi connectivity index (χ1) is 14.9. The fourth-order valence-electron chi connectivity index (χ4n) is 3.90. The number of unbranched alkanes of at least 4 members (excludes halogenated alkanes) is 1. The number of rotatable bonds is 10. The van der Waals surface area contributed by atoms with Gasteiger partial charge in [0, 0.05) is 6.54 Å². The molecule has 6 nitrogen and oxygen atoms in total. The van der Waals surface area contributed by atoms with E-state index in [0.29, 0.717) is 25.1 Å². The van der Waals surface area contributed by atoms with Crippen molar-refractivity contribution in [2.45, 2.75) is 45.2 Å². The maximum Gasteiger partial charge on any atom is 0.326 e. The van der Waals surface area contributed by atoms with Crippen molar-refractivity contribution >= 4 is 11.9 Å². The molecule has 1 fully saturated rings. The van der Waals surface area contributed by atoms with Gasteiger partial charge in [0.25, 0.3) is 5.91 Å². The molecule has 0 unspecified atom stereocenters. The van der Waals surface area contributed by atoms with Crippen LogP contribution in [0.1, 0.15) is 44.2 Å². The third-order valence-electron chi connectivity index (χ3n) is 5.49. The molecule has 1 atom stereocenters. The number of imide groups is 1. The van der Waals surface area contributed by atoms with Gasteiger partial charge in [0.05, 0.1) is 13.3 Å². The number of nitrogens with one attached hydrogen (secondary N) is 1. The monoisotopic (exact) mass is 427 g/mol. The summed E-state index contributed by atoms with van der Waals surface area (Å²) in [6, 6.07) is 13.1. The van der Waals surface area contributed by atoms with Crippen molar-refractivity contribution in [2.75, 3.05) is 20.3 Å². The highest BCUT2D eigenvalue weighted by atomic mass is 19.1. The predicted octanol–water partition coefficient (Wildman–Crippen LogP) is 4.25. The van der Waals surface area contributed by atoms with Gasteiger partial charge in [-0.2, -0.15) is 0 Å². The number of hydrogen-bond donors (Lipinski definition) is 1. The number of amides is 3. The summed E-state index contributed by atoms with van der Waals surface area (Å²) in [6.07, 6.45) is 2.11. The number of benzene rings is 2. The largest absolute Gasteiger partial charge is 0.494 e. The van der Waals surface area contributed by atoms with Crippen LogP contribution in [0.5, 0.6) is 5.75 Å². The van der Waals surface area contributed by atoms with Crippen molar-refractivity contribution in [3.63, 3.8) is 0 Å². The fraction of sp³-hybridized carbons (Fsp3) is 0.417. The van der Waals surface area contributed by atoms with Crippen LogP contribution >= 0.6 is 0 Å². The molecule has 2 aromatic rings. The van der Waals surface area contributed by atoms with Crippen molar-refractivity contribution in [1.29, 1.82) is 0 Å². The molecule has 0 aromatic heterocycles. The lowest BCUT2D eigenvalue weighted by atomic mass is 9.85. The minimum absolute atomic E-state index is 0.160. The first kappa shape index (κ1) is 22.7. The molecule has 1 heterocycles. The molecule has 0 saturated carbocycles. The zero-order valence-corrected chi connectivity index (χ0v) is 18.4. The minimum atomic E-state index is -1.15. The molecule has 3 amide bonds. The van der Waals surface area contributed by atoms with Crippen LogP contribution in [0.15, 0.2) is 48.5 Å². The van der Waals surface area contributed by atoms with Crippen LogP contribution < -0.4 is 10.1 Å². The van der Waals surface area contributed by atoms with E-state index < -0.39 is 11.6 Å². The second-order valence-corrected chi connectivity index (χ2v) is 7.91. The van der Waals surface area contributed by atoms with E-state index in [1.54, 1.807) is 12.1 Å². The zero-order chi connectivity index (χ0) is 22.4. The first-order valence-corrected chi connectivity index (χ1v) is 10.7. The van der Waals surface area contributed by atoms with Gasteiger partial charge in [0.1, 0.15) is 17.1 Å². The molecule has 31 heavy (non-hydrogen) atoms. The highest BCUT2D eigenvalue weighted by Gasteiger charge is 2.52. The van der Waals surface area contributed by atoms with Crippen LogP contribution in [-0.2, 0) is 16.9 Å².